The highest BCUT2D eigenvalue weighted by Crippen LogP contribution is 2.36. The Labute approximate surface area is 147 Å². The molecule has 1 saturated heterocycles. The van der Waals surface area contributed by atoms with Crippen molar-refractivity contribution in [3.63, 3.8) is 0 Å². The highest BCUT2D eigenvalue weighted by Gasteiger charge is 2.43. The molecule has 1 radical (unpaired) electrons. The third kappa shape index (κ3) is 4.87. The Morgan fingerprint density at radius 3 is 2.80 bits per heavy atom. The molecule has 2 N–H and O–H groups in total. The molecule has 1 aliphatic rings. The van der Waals surface area contributed by atoms with Crippen molar-refractivity contribution in [1.29, 1.82) is 5.26 Å². The van der Waals surface area contributed by atoms with Crippen LogP contribution in [-0.4, -0.2) is 33.1 Å². The summed E-state index contributed by atoms with van der Waals surface area (Å²) in [6, 6.07) is 2.66. The van der Waals surface area contributed by atoms with Gasteiger partial charge in [0.1, 0.15) is 0 Å². The zero-order valence-electron chi connectivity index (χ0n) is 15.0. The van der Waals surface area contributed by atoms with Gasteiger partial charge in [-0.05, 0) is 53.0 Å². The number of nitrogens with zero attached hydrogens (tertiary/aromatic N) is 4. The number of hydroxylamine groups is 2. The van der Waals surface area contributed by atoms with Crippen LogP contribution in [0.3, 0.4) is 0 Å². The Hall–Kier alpha value is -2.24. The lowest BCUT2D eigenvalue weighted by Gasteiger charge is -2.39. The molecule has 1 aromatic heterocycles. The van der Waals surface area contributed by atoms with Crippen molar-refractivity contribution in [2.24, 2.45) is 4.99 Å². The molecule has 0 amide bonds. The van der Waals surface area contributed by atoms with Crippen molar-refractivity contribution in [3.8, 4) is 6.19 Å². The van der Waals surface area contributed by atoms with E-state index in [4.69, 9.17) is 5.26 Å². The summed E-state index contributed by atoms with van der Waals surface area (Å²) in [6.45, 7) is 7.66. The van der Waals surface area contributed by atoms with Crippen molar-refractivity contribution in [2.45, 2.75) is 64.1 Å². The summed E-state index contributed by atoms with van der Waals surface area (Å²) in [7, 11) is 0. The van der Waals surface area contributed by atoms with Crippen LogP contribution in [0.1, 0.15) is 47.0 Å². The van der Waals surface area contributed by atoms with Crippen molar-refractivity contribution in [1.82, 2.24) is 15.4 Å². The summed E-state index contributed by atoms with van der Waals surface area (Å²) >= 11 is 0. The number of aromatic nitrogens is 1. The van der Waals surface area contributed by atoms with Gasteiger partial charge in [-0.1, -0.05) is 0 Å². The highest BCUT2D eigenvalue weighted by atomic mass is 19.1. The van der Waals surface area contributed by atoms with Gasteiger partial charge in [0.2, 0.25) is 11.9 Å². The number of aliphatic imine (C=N–C) groups is 1. The predicted molar refractivity (Wildman–Crippen MR) is 92.3 cm³/mol. The first kappa shape index (κ1) is 19.1. The monoisotopic (exact) mass is 347 g/mol. The third-order valence-electron chi connectivity index (χ3n) is 4.40. The van der Waals surface area contributed by atoms with Gasteiger partial charge < -0.3 is 5.32 Å². The molecule has 2 rings (SSSR count). The molecule has 1 aromatic rings. The predicted octanol–water partition coefficient (Wildman–Crippen LogP) is 2.82. The lowest BCUT2D eigenvalue weighted by Crippen LogP contribution is -2.51. The van der Waals surface area contributed by atoms with Crippen LogP contribution in [-0.2, 0) is 5.21 Å². The van der Waals surface area contributed by atoms with Gasteiger partial charge in [0, 0.05) is 29.0 Å². The Kier molecular flexibility index (Phi) is 5.60. The number of halogens is 1. The molecule has 1 aliphatic heterocycles. The minimum atomic E-state index is -0.624. The van der Waals surface area contributed by atoms with Crippen LogP contribution >= 0.6 is 0 Å². The third-order valence-corrected chi connectivity index (χ3v) is 4.40. The summed E-state index contributed by atoms with van der Waals surface area (Å²) in [4.78, 5) is 8.06. The molecule has 1 atom stereocenters. The number of guanidine groups is 1. The molecule has 0 aromatic carbocycles. The number of hydrogen-bond acceptors (Lipinski definition) is 4. The smallest absolute Gasteiger partial charge is 0.214 e. The molecule has 25 heavy (non-hydrogen) atoms. The number of nitriles is 1. The Bertz CT molecular complexity index is 682. The fourth-order valence-electron chi connectivity index (χ4n) is 3.26. The summed E-state index contributed by atoms with van der Waals surface area (Å²) in [5, 5.41) is 28.1. The number of nitrogens with one attached hydrogen (secondary N) is 2. The average molecular weight is 347 g/mol. The van der Waals surface area contributed by atoms with Crippen molar-refractivity contribution >= 4 is 11.6 Å². The SMILES string of the molecule is CC1(C)CCC(N=C(NC#N)Nc2ccnc(F)c2)CC(C)(C)N1[O]. The van der Waals surface area contributed by atoms with E-state index in [1.807, 2.05) is 33.9 Å². The van der Waals surface area contributed by atoms with E-state index in [1.165, 1.54) is 12.3 Å². The molecular weight excluding hydrogens is 323 g/mol. The van der Waals surface area contributed by atoms with E-state index in [9.17, 15) is 9.60 Å². The quantitative estimate of drug-likeness (QED) is 0.282. The lowest BCUT2D eigenvalue weighted by atomic mass is 9.94. The highest BCUT2D eigenvalue weighted by molar-refractivity contribution is 5.94. The minimum Gasteiger partial charge on any atom is -0.325 e. The Morgan fingerprint density at radius 2 is 2.16 bits per heavy atom. The van der Waals surface area contributed by atoms with E-state index >= 15 is 0 Å². The van der Waals surface area contributed by atoms with Crippen LogP contribution in [0.15, 0.2) is 23.3 Å². The van der Waals surface area contributed by atoms with Crippen LogP contribution in [0.25, 0.3) is 0 Å². The number of hydrogen-bond donors (Lipinski definition) is 2. The summed E-state index contributed by atoms with van der Waals surface area (Å²) in [5.41, 5.74) is -0.611. The average Bonchev–Trinajstić information content (AvgIpc) is 2.58. The molecule has 7 nitrogen and oxygen atoms in total. The van der Waals surface area contributed by atoms with E-state index in [0.29, 0.717) is 18.5 Å². The Morgan fingerprint density at radius 1 is 1.44 bits per heavy atom. The van der Waals surface area contributed by atoms with Gasteiger partial charge in [-0.25, -0.2) is 9.98 Å². The molecule has 135 valence electrons. The zero-order valence-corrected chi connectivity index (χ0v) is 15.0. The molecule has 0 bridgehead atoms. The van der Waals surface area contributed by atoms with Crippen LogP contribution in [0, 0.1) is 17.4 Å². The molecule has 0 spiro atoms. The lowest BCUT2D eigenvalue weighted by molar-refractivity contribution is -0.269. The molecule has 0 saturated carbocycles. The van der Waals surface area contributed by atoms with Crippen molar-refractivity contribution < 1.29 is 9.60 Å². The standard InChI is InChI=1S/C17H24FN6O/c1-16(2)7-5-13(10-17(3,4)24(16)25)23-15(21-11-19)22-12-6-8-20-14(18)9-12/h6,8-9,13H,5,7,10H2,1-4H3,(H2,20,21,22,23). The minimum absolute atomic E-state index is 0.136. The number of rotatable bonds is 2. The maximum Gasteiger partial charge on any atom is 0.214 e. The van der Waals surface area contributed by atoms with Crippen molar-refractivity contribution in [2.75, 3.05) is 5.32 Å². The van der Waals surface area contributed by atoms with Gasteiger partial charge in [-0.3, -0.25) is 5.32 Å². The van der Waals surface area contributed by atoms with Crippen molar-refractivity contribution in [3.05, 3.63) is 24.3 Å². The molecule has 2 heterocycles. The zero-order chi connectivity index (χ0) is 18.7. The molecule has 1 fully saturated rings. The maximum absolute atomic E-state index is 13.2. The second-order valence-electron chi connectivity index (χ2n) is 7.52. The fraction of sp³-hybridized carbons (Fsp3) is 0.588. The van der Waals surface area contributed by atoms with E-state index in [1.54, 1.807) is 6.07 Å². The van der Waals surface area contributed by atoms with E-state index < -0.39 is 17.0 Å². The first-order chi connectivity index (χ1) is 11.6. The van der Waals surface area contributed by atoms with Crippen LogP contribution in [0.5, 0.6) is 0 Å². The maximum atomic E-state index is 13.2. The van der Waals surface area contributed by atoms with Crippen LogP contribution in [0.2, 0.25) is 0 Å². The second-order valence-corrected chi connectivity index (χ2v) is 7.52. The van der Waals surface area contributed by atoms with Gasteiger partial charge in [-0.15, -0.1) is 10.3 Å². The summed E-state index contributed by atoms with van der Waals surface area (Å²) in [6.07, 6.45) is 5.13. The normalized spacial score (nSPS) is 23.4. The topological polar surface area (TPSA) is 96.2 Å². The van der Waals surface area contributed by atoms with Gasteiger partial charge in [0.15, 0.2) is 6.19 Å². The second kappa shape index (κ2) is 7.33. The first-order valence-corrected chi connectivity index (χ1v) is 8.23. The molecular formula is C17H24FN6O. The summed E-state index contributed by atoms with van der Waals surface area (Å²) in [5.74, 6) is -0.397. The van der Waals surface area contributed by atoms with Crippen LogP contribution in [0.4, 0.5) is 10.1 Å². The van der Waals surface area contributed by atoms with E-state index in [2.05, 4.69) is 20.6 Å². The largest absolute Gasteiger partial charge is 0.325 e. The van der Waals surface area contributed by atoms with E-state index in [-0.39, 0.29) is 12.0 Å². The first-order valence-electron chi connectivity index (χ1n) is 8.23. The van der Waals surface area contributed by atoms with E-state index in [0.717, 1.165) is 11.5 Å². The number of anilines is 1. The molecule has 0 aliphatic carbocycles. The van der Waals surface area contributed by atoms with Gasteiger partial charge >= 0.3 is 0 Å². The molecule has 8 heteroatoms. The van der Waals surface area contributed by atoms with Gasteiger partial charge in [-0.2, -0.15) is 9.65 Å². The fourth-order valence-corrected chi connectivity index (χ4v) is 3.26. The Balaban J connectivity index is 2.23. The van der Waals surface area contributed by atoms with Crippen LogP contribution < -0.4 is 10.6 Å². The van der Waals surface area contributed by atoms with Gasteiger partial charge in [0.25, 0.3) is 0 Å². The summed E-state index contributed by atoms with van der Waals surface area (Å²) < 4.78 is 13.2. The number of pyridine rings is 1. The molecule has 1 unspecified atom stereocenters. The van der Waals surface area contributed by atoms with Gasteiger partial charge in [0.05, 0.1) is 6.04 Å².